The van der Waals surface area contributed by atoms with E-state index < -0.39 is 5.97 Å². The Labute approximate surface area is 113 Å². The highest BCUT2D eigenvalue weighted by molar-refractivity contribution is 5.99. The summed E-state index contributed by atoms with van der Waals surface area (Å²) in [5.41, 5.74) is 7.61. The molecule has 0 aliphatic carbocycles. The van der Waals surface area contributed by atoms with E-state index in [4.69, 9.17) is 10.8 Å². The molecule has 1 amide bonds. The highest BCUT2D eigenvalue weighted by atomic mass is 16.4. The molecule has 0 unspecified atom stereocenters. The highest BCUT2D eigenvalue weighted by Gasteiger charge is 2.21. The van der Waals surface area contributed by atoms with Crippen molar-refractivity contribution in [2.24, 2.45) is 0 Å². The topological polar surface area (TPSA) is 83.6 Å². The van der Waals surface area contributed by atoms with Crippen LogP contribution in [0.3, 0.4) is 0 Å². The minimum Gasteiger partial charge on any atom is -0.481 e. The van der Waals surface area contributed by atoms with E-state index in [2.05, 4.69) is 0 Å². The van der Waals surface area contributed by atoms with Gasteiger partial charge in [-0.15, -0.1) is 0 Å². The molecular formula is C14H20N2O3. The maximum Gasteiger partial charge on any atom is 0.305 e. The van der Waals surface area contributed by atoms with Crippen molar-refractivity contribution in [1.82, 2.24) is 4.90 Å². The molecule has 0 saturated carbocycles. The molecule has 1 aromatic carbocycles. The van der Waals surface area contributed by atoms with Crippen LogP contribution in [0.25, 0.3) is 0 Å². The first-order valence-corrected chi connectivity index (χ1v) is 6.21. The predicted molar refractivity (Wildman–Crippen MR) is 74.0 cm³/mol. The van der Waals surface area contributed by atoms with E-state index in [0.717, 1.165) is 5.56 Å². The normalized spacial score (nSPS) is 10.5. The van der Waals surface area contributed by atoms with Gasteiger partial charge in [-0.3, -0.25) is 9.59 Å². The second kappa shape index (κ2) is 6.22. The number of aliphatic carboxylic acids is 1. The van der Waals surface area contributed by atoms with Crippen molar-refractivity contribution in [1.29, 1.82) is 0 Å². The van der Waals surface area contributed by atoms with E-state index in [1.54, 1.807) is 12.1 Å². The second-order valence-electron chi connectivity index (χ2n) is 4.83. The fourth-order valence-corrected chi connectivity index (χ4v) is 1.82. The van der Waals surface area contributed by atoms with Crippen molar-refractivity contribution in [2.45, 2.75) is 33.2 Å². The number of rotatable bonds is 5. The van der Waals surface area contributed by atoms with Crippen molar-refractivity contribution in [3.05, 3.63) is 29.3 Å². The first kappa shape index (κ1) is 15.0. The summed E-state index contributed by atoms with van der Waals surface area (Å²) in [4.78, 5) is 24.6. The summed E-state index contributed by atoms with van der Waals surface area (Å²) in [6.45, 7) is 5.77. The molecular weight excluding hydrogens is 244 g/mol. The van der Waals surface area contributed by atoms with E-state index in [9.17, 15) is 9.59 Å². The Kier molecular flexibility index (Phi) is 4.92. The number of amides is 1. The van der Waals surface area contributed by atoms with Crippen LogP contribution < -0.4 is 5.73 Å². The lowest BCUT2D eigenvalue weighted by molar-refractivity contribution is -0.137. The molecule has 0 fully saturated rings. The Hall–Kier alpha value is -2.04. The standard InChI is InChI=1S/C14H20N2O3/c1-9(2)16(7-6-13(17)18)14(19)11-8-10(3)4-5-12(11)15/h4-5,8-9H,6-7,15H2,1-3H3,(H,17,18). The average molecular weight is 264 g/mol. The van der Waals surface area contributed by atoms with E-state index in [0.29, 0.717) is 11.3 Å². The number of benzene rings is 1. The number of anilines is 1. The number of nitrogen functional groups attached to an aromatic ring is 1. The predicted octanol–water partition coefficient (Wildman–Crippen LogP) is 1.90. The monoisotopic (exact) mass is 264 g/mol. The molecule has 3 N–H and O–H groups in total. The van der Waals surface area contributed by atoms with Gasteiger partial charge in [-0.05, 0) is 32.9 Å². The lowest BCUT2D eigenvalue weighted by Crippen LogP contribution is -2.38. The van der Waals surface area contributed by atoms with E-state index in [1.807, 2.05) is 26.8 Å². The number of nitrogens with zero attached hydrogens (tertiary/aromatic N) is 1. The molecule has 5 heteroatoms. The van der Waals surface area contributed by atoms with Gasteiger partial charge >= 0.3 is 5.97 Å². The van der Waals surface area contributed by atoms with Gasteiger partial charge in [-0.2, -0.15) is 0 Å². The summed E-state index contributed by atoms with van der Waals surface area (Å²) < 4.78 is 0. The number of carbonyl (C=O) groups is 2. The summed E-state index contributed by atoms with van der Waals surface area (Å²) in [5.74, 6) is -1.15. The third kappa shape index (κ3) is 3.98. The van der Waals surface area contributed by atoms with Gasteiger partial charge < -0.3 is 15.7 Å². The number of nitrogens with two attached hydrogens (primary N) is 1. The lowest BCUT2D eigenvalue weighted by Gasteiger charge is -2.26. The zero-order chi connectivity index (χ0) is 14.6. The Morgan fingerprint density at radius 3 is 2.53 bits per heavy atom. The number of carboxylic acid groups (broad SMARTS) is 1. The number of hydrogen-bond acceptors (Lipinski definition) is 3. The lowest BCUT2D eigenvalue weighted by atomic mass is 10.1. The minimum atomic E-state index is -0.921. The summed E-state index contributed by atoms with van der Waals surface area (Å²) in [7, 11) is 0. The first-order valence-electron chi connectivity index (χ1n) is 6.21. The summed E-state index contributed by atoms with van der Waals surface area (Å²) in [6, 6.07) is 5.18. The van der Waals surface area contributed by atoms with Gasteiger partial charge in [0.25, 0.3) is 5.91 Å². The Morgan fingerprint density at radius 2 is 2.00 bits per heavy atom. The van der Waals surface area contributed by atoms with Gasteiger partial charge in [0.15, 0.2) is 0 Å². The maximum absolute atomic E-state index is 12.4. The number of aryl methyl sites for hydroxylation is 1. The minimum absolute atomic E-state index is 0.0738. The zero-order valence-electron chi connectivity index (χ0n) is 11.5. The largest absolute Gasteiger partial charge is 0.481 e. The average Bonchev–Trinajstić information content (AvgIpc) is 2.31. The fraction of sp³-hybridized carbons (Fsp3) is 0.429. The summed E-state index contributed by atoms with van der Waals surface area (Å²) >= 11 is 0. The van der Waals surface area contributed by atoms with Gasteiger partial charge in [0.2, 0.25) is 0 Å². The van der Waals surface area contributed by atoms with Crippen molar-refractivity contribution in [3.63, 3.8) is 0 Å². The van der Waals surface area contributed by atoms with Crippen molar-refractivity contribution < 1.29 is 14.7 Å². The van der Waals surface area contributed by atoms with Crippen LogP contribution in [-0.4, -0.2) is 34.5 Å². The molecule has 0 aliphatic heterocycles. The van der Waals surface area contributed by atoms with Crippen LogP contribution >= 0.6 is 0 Å². The third-order valence-corrected chi connectivity index (χ3v) is 2.89. The molecule has 1 aromatic rings. The van der Waals surface area contributed by atoms with E-state index in [-0.39, 0.29) is 24.9 Å². The molecule has 5 nitrogen and oxygen atoms in total. The van der Waals surface area contributed by atoms with Gasteiger partial charge in [0, 0.05) is 18.3 Å². The van der Waals surface area contributed by atoms with Gasteiger partial charge in [-0.25, -0.2) is 0 Å². The second-order valence-corrected chi connectivity index (χ2v) is 4.83. The van der Waals surface area contributed by atoms with Gasteiger partial charge in [0.1, 0.15) is 0 Å². The van der Waals surface area contributed by atoms with Crippen molar-refractivity contribution >= 4 is 17.6 Å². The van der Waals surface area contributed by atoms with Crippen LogP contribution in [0.2, 0.25) is 0 Å². The molecule has 0 atom stereocenters. The molecule has 0 aliphatic rings. The quantitative estimate of drug-likeness (QED) is 0.796. The van der Waals surface area contributed by atoms with Crippen LogP contribution in [0.4, 0.5) is 5.69 Å². The molecule has 0 heterocycles. The third-order valence-electron chi connectivity index (χ3n) is 2.89. The van der Waals surface area contributed by atoms with Crippen molar-refractivity contribution in [3.8, 4) is 0 Å². The fourth-order valence-electron chi connectivity index (χ4n) is 1.82. The smallest absolute Gasteiger partial charge is 0.305 e. The molecule has 0 bridgehead atoms. The van der Waals surface area contributed by atoms with Crippen LogP contribution in [0.1, 0.15) is 36.2 Å². The zero-order valence-corrected chi connectivity index (χ0v) is 11.5. The molecule has 104 valence electrons. The molecule has 0 radical (unpaired) electrons. The summed E-state index contributed by atoms with van der Waals surface area (Å²) in [5, 5.41) is 8.73. The van der Waals surface area contributed by atoms with Crippen LogP contribution in [0, 0.1) is 6.92 Å². The van der Waals surface area contributed by atoms with E-state index >= 15 is 0 Å². The Bertz CT molecular complexity index is 484. The van der Waals surface area contributed by atoms with Crippen LogP contribution in [-0.2, 0) is 4.79 Å². The van der Waals surface area contributed by atoms with Crippen molar-refractivity contribution in [2.75, 3.05) is 12.3 Å². The molecule has 19 heavy (non-hydrogen) atoms. The summed E-state index contributed by atoms with van der Waals surface area (Å²) in [6.07, 6.45) is -0.0738. The van der Waals surface area contributed by atoms with E-state index in [1.165, 1.54) is 4.90 Å². The Balaban J connectivity index is 2.99. The Morgan fingerprint density at radius 1 is 1.37 bits per heavy atom. The molecule has 0 spiro atoms. The SMILES string of the molecule is Cc1ccc(N)c(C(=O)N(CCC(=O)O)C(C)C)c1. The molecule has 0 saturated heterocycles. The molecule has 1 rings (SSSR count). The first-order chi connectivity index (χ1) is 8.82. The molecule has 0 aromatic heterocycles. The number of hydrogen-bond donors (Lipinski definition) is 2. The van der Waals surface area contributed by atoms with Crippen LogP contribution in [0.15, 0.2) is 18.2 Å². The van der Waals surface area contributed by atoms with Crippen LogP contribution in [0.5, 0.6) is 0 Å². The van der Waals surface area contributed by atoms with Gasteiger partial charge in [0.05, 0.1) is 12.0 Å². The maximum atomic E-state index is 12.4. The number of carbonyl (C=O) groups excluding carboxylic acids is 1. The highest BCUT2D eigenvalue weighted by Crippen LogP contribution is 2.17. The van der Waals surface area contributed by atoms with Gasteiger partial charge in [-0.1, -0.05) is 11.6 Å². The number of carboxylic acids is 1.